The molecule has 0 radical (unpaired) electrons. The van der Waals surface area contributed by atoms with Crippen LogP contribution in [0.15, 0.2) is 48.7 Å². The van der Waals surface area contributed by atoms with E-state index >= 15 is 0 Å². The van der Waals surface area contributed by atoms with Gasteiger partial charge in [-0.2, -0.15) is 0 Å². The molecule has 1 aliphatic rings. The quantitative estimate of drug-likeness (QED) is 0.719. The predicted molar refractivity (Wildman–Crippen MR) is 93.4 cm³/mol. The number of para-hydroxylation sites is 1. The van der Waals surface area contributed by atoms with E-state index in [1.807, 2.05) is 24.3 Å². The molecule has 116 valence electrons. The van der Waals surface area contributed by atoms with Crippen LogP contribution in [0.5, 0.6) is 0 Å². The molecule has 4 heteroatoms. The Balaban J connectivity index is 1.87. The largest absolute Gasteiger partial charge is 0.356 e. The summed E-state index contributed by atoms with van der Waals surface area (Å²) in [7, 11) is 0. The van der Waals surface area contributed by atoms with E-state index in [1.165, 1.54) is 12.8 Å². The lowest BCUT2D eigenvalue weighted by Gasteiger charge is -2.32. The maximum absolute atomic E-state index is 4.88. The number of rotatable bonds is 2. The van der Waals surface area contributed by atoms with E-state index in [0.717, 1.165) is 35.5 Å². The third-order valence-corrected chi connectivity index (χ3v) is 4.43. The van der Waals surface area contributed by atoms with E-state index in [2.05, 4.69) is 35.0 Å². The summed E-state index contributed by atoms with van der Waals surface area (Å²) < 4.78 is 0. The van der Waals surface area contributed by atoms with Crippen LogP contribution in [-0.2, 0) is 0 Å². The number of fused-ring (bicyclic) bond motifs is 1. The molecule has 0 amide bonds. The highest BCUT2D eigenvalue weighted by Gasteiger charge is 2.21. The van der Waals surface area contributed by atoms with Gasteiger partial charge in [0.25, 0.3) is 0 Å². The first-order valence-electron chi connectivity index (χ1n) is 8.24. The fourth-order valence-corrected chi connectivity index (χ4v) is 3.29. The van der Waals surface area contributed by atoms with Crippen molar-refractivity contribution in [3.63, 3.8) is 0 Å². The molecule has 4 nitrogen and oxygen atoms in total. The van der Waals surface area contributed by atoms with Crippen molar-refractivity contribution >= 4 is 16.7 Å². The number of nitrogens with zero attached hydrogens (tertiary/aromatic N) is 4. The van der Waals surface area contributed by atoms with Crippen LogP contribution < -0.4 is 4.90 Å². The van der Waals surface area contributed by atoms with Crippen molar-refractivity contribution in [2.75, 3.05) is 18.0 Å². The standard InChI is InChI=1S/C19H20N4/c1-14-7-6-12-23(13-14)19-15-8-2-3-9-16(15)21-18(22-19)17-10-4-5-11-20-17/h2-5,8-11,14H,6-7,12-13H2,1H3/t14-/m0/s1. The summed E-state index contributed by atoms with van der Waals surface area (Å²) in [5, 5.41) is 1.13. The number of anilines is 1. The van der Waals surface area contributed by atoms with E-state index in [9.17, 15) is 0 Å². The molecular weight excluding hydrogens is 284 g/mol. The minimum atomic E-state index is 0.704. The molecule has 1 saturated heterocycles. The first-order chi connectivity index (χ1) is 11.3. The summed E-state index contributed by atoms with van der Waals surface area (Å²) in [4.78, 5) is 16.4. The molecule has 0 N–H and O–H groups in total. The minimum Gasteiger partial charge on any atom is -0.356 e. The second kappa shape index (κ2) is 5.95. The number of hydrogen-bond donors (Lipinski definition) is 0. The molecule has 1 atom stereocenters. The van der Waals surface area contributed by atoms with E-state index in [1.54, 1.807) is 6.20 Å². The van der Waals surface area contributed by atoms with E-state index in [-0.39, 0.29) is 0 Å². The van der Waals surface area contributed by atoms with Crippen LogP contribution in [0.3, 0.4) is 0 Å². The van der Waals surface area contributed by atoms with Crippen molar-refractivity contribution in [1.29, 1.82) is 0 Å². The summed E-state index contributed by atoms with van der Waals surface area (Å²) in [6.45, 7) is 4.44. The molecule has 1 fully saturated rings. The molecule has 4 rings (SSSR count). The number of aromatic nitrogens is 3. The van der Waals surface area contributed by atoms with Crippen LogP contribution in [0, 0.1) is 5.92 Å². The van der Waals surface area contributed by atoms with Crippen molar-refractivity contribution in [3.8, 4) is 11.5 Å². The average molecular weight is 304 g/mol. The molecule has 3 aromatic rings. The third kappa shape index (κ3) is 2.77. The predicted octanol–water partition coefficient (Wildman–Crippen LogP) is 3.93. The summed E-state index contributed by atoms with van der Waals surface area (Å²) in [5.41, 5.74) is 1.81. The summed E-state index contributed by atoms with van der Waals surface area (Å²) in [5.74, 6) is 2.45. The summed E-state index contributed by atoms with van der Waals surface area (Å²) in [6, 6.07) is 14.1. The lowest BCUT2D eigenvalue weighted by atomic mass is 10.00. The fraction of sp³-hybridized carbons (Fsp3) is 0.316. The van der Waals surface area contributed by atoms with Crippen molar-refractivity contribution in [3.05, 3.63) is 48.7 Å². The Kier molecular flexibility index (Phi) is 3.66. The van der Waals surface area contributed by atoms with Gasteiger partial charge in [0.05, 0.1) is 5.52 Å². The van der Waals surface area contributed by atoms with Gasteiger partial charge in [-0.25, -0.2) is 9.97 Å². The Morgan fingerprint density at radius 1 is 1.04 bits per heavy atom. The zero-order valence-corrected chi connectivity index (χ0v) is 13.3. The molecule has 23 heavy (non-hydrogen) atoms. The molecular formula is C19H20N4. The van der Waals surface area contributed by atoms with Gasteiger partial charge in [-0.3, -0.25) is 4.98 Å². The molecule has 0 aliphatic carbocycles. The summed E-state index contributed by atoms with van der Waals surface area (Å²) in [6.07, 6.45) is 4.31. The zero-order chi connectivity index (χ0) is 15.6. The monoisotopic (exact) mass is 304 g/mol. The Labute approximate surface area is 136 Å². The number of benzene rings is 1. The number of piperidine rings is 1. The molecule has 0 saturated carbocycles. The highest BCUT2D eigenvalue weighted by molar-refractivity contribution is 5.90. The normalized spacial score (nSPS) is 18.3. The van der Waals surface area contributed by atoms with Gasteiger partial charge in [-0.15, -0.1) is 0 Å². The van der Waals surface area contributed by atoms with Crippen molar-refractivity contribution in [2.45, 2.75) is 19.8 Å². The van der Waals surface area contributed by atoms with Crippen LogP contribution in [-0.4, -0.2) is 28.0 Å². The molecule has 0 bridgehead atoms. The Hall–Kier alpha value is -2.49. The first kappa shape index (κ1) is 14.1. The van der Waals surface area contributed by atoms with Gasteiger partial charge in [0.2, 0.25) is 0 Å². The number of hydrogen-bond acceptors (Lipinski definition) is 4. The van der Waals surface area contributed by atoms with Gasteiger partial charge >= 0.3 is 0 Å². The van der Waals surface area contributed by atoms with Crippen molar-refractivity contribution in [2.24, 2.45) is 5.92 Å². The molecule has 2 aromatic heterocycles. The lowest BCUT2D eigenvalue weighted by molar-refractivity contribution is 0.445. The van der Waals surface area contributed by atoms with Crippen LogP contribution in [0.4, 0.5) is 5.82 Å². The van der Waals surface area contributed by atoms with Crippen molar-refractivity contribution in [1.82, 2.24) is 15.0 Å². The second-order valence-electron chi connectivity index (χ2n) is 6.30. The molecule has 0 spiro atoms. The van der Waals surface area contributed by atoms with E-state index in [4.69, 9.17) is 9.97 Å². The molecule has 1 aliphatic heterocycles. The molecule has 3 heterocycles. The fourth-order valence-electron chi connectivity index (χ4n) is 3.29. The second-order valence-corrected chi connectivity index (χ2v) is 6.30. The zero-order valence-electron chi connectivity index (χ0n) is 13.3. The Bertz CT molecular complexity index is 816. The van der Waals surface area contributed by atoms with E-state index < -0.39 is 0 Å². The highest BCUT2D eigenvalue weighted by atomic mass is 15.2. The van der Waals surface area contributed by atoms with Gasteiger partial charge < -0.3 is 4.90 Å². The van der Waals surface area contributed by atoms with Gasteiger partial charge in [0.15, 0.2) is 5.82 Å². The molecule has 1 aromatic carbocycles. The van der Waals surface area contributed by atoms with Gasteiger partial charge in [0.1, 0.15) is 11.5 Å². The van der Waals surface area contributed by atoms with Crippen molar-refractivity contribution < 1.29 is 0 Å². The first-order valence-corrected chi connectivity index (χ1v) is 8.24. The van der Waals surface area contributed by atoms with Crippen LogP contribution in [0.1, 0.15) is 19.8 Å². The Morgan fingerprint density at radius 3 is 2.74 bits per heavy atom. The minimum absolute atomic E-state index is 0.704. The van der Waals surface area contributed by atoms with Crippen LogP contribution >= 0.6 is 0 Å². The topological polar surface area (TPSA) is 41.9 Å². The van der Waals surface area contributed by atoms with E-state index in [0.29, 0.717) is 11.7 Å². The van der Waals surface area contributed by atoms with Gasteiger partial charge in [-0.1, -0.05) is 25.1 Å². The highest BCUT2D eigenvalue weighted by Crippen LogP contribution is 2.29. The van der Waals surface area contributed by atoms with Gasteiger partial charge in [0, 0.05) is 24.7 Å². The van der Waals surface area contributed by atoms with Crippen LogP contribution in [0.25, 0.3) is 22.4 Å². The third-order valence-electron chi connectivity index (χ3n) is 4.43. The Morgan fingerprint density at radius 2 is 1.91 bits per heavy atom. The number of pyridine rings is 1. The summed E-state index contributed by atoms with van der Waals surface area (Å²) >= 11 is 0. The molecule has 0 unspecified atom stereocenters. The van der Waals surface area contributed by atoms with Crippen LogP contribution in [0.2, 0.25) is 0 Å². The maximum atomic E-state index is 4.88. The average Bonchev–Trinajstić information content (AvgIpc) is 2.61. The smallest absolute Gasteiger partial charge is 0.180 e. The lowest BCUT2D eigenvalue weighted by Crippen LogP contribution is -2.35. The maximum Gasteiger partial charge on any atom is 0.180 e. The van der Waals surface area contributed by atoms with Gasteiger partial charge in [-0.05, 0) is 43.0 Å². The SMILES string of the molecule is C[C@H]1CCCN(c2nc(-c3ccccn3)nc3ccccc23)C1.